The molecule has 9 heteroatoms. The Morgan fingerprint density at radius 2 is 1.71 bits per heavy atom. The summed E-state index contributed by atoms with van der Waals surface area (Å²) in [7, 11) is 0. The first-order valence-electron chi connectivity index (χ1n) is 12.8. The summed E-state index contributed by atoms with van der Waals surface area (Å²) in [6, 6.07) is 31.7. The van der Waals surface area contributed by atoms with E-state index in [0.29, 0.717) is 16.9 Å². The summed E-state index contributed by atoms with van der Waals surface area (Å²) >= 11 is 1.52. The van der Waals surface area contributed by atoms with E-state index < -0.39 is 0 Å². The number of hydrogen-bond donors (Lipinski definition) is 3. The lowest BCUT2D eigenvalue weighted by Gasteiger charge is -2.09. The zero-order valence-corrected chi connectivity index (χ0v) is 23.0. The Hall–Kier alpha value is -5.28. The summed E-state index contributed by atoms with van der Waals surface area (Å²) in [6.45, 7) is 1.80. The molecule has 0 aliphatic rings. The lowest BCUT2D eigenvalue weighted by molar-refractivity contribution is -0.118. The van der Waals surface area contributed by atoms with Crippen molar-refractivity contribution in [1.29, 1.82) is 0 Å². The topological polar surface area (TPSA) is 105 Å². The third-order valence-corrected chi connectivity index (χ3v) is 6.76. The summed E-state index contributed by atoms with van der Waals surface area (Å²) in [4.78, 5) is 29.5. The van der Waals surface area contributed by atoms with Crippen LogP contribution in [0.1, 0.15) is 21.5 Å². The molecule has 0 spiro atoms. The van der Waals surface area contributed by atoms with Gasteiger partial charge >= 0.3 is 0 Å². The van der Waals surface area contributed by atoms with Crippen molar-refractivity contribution >= 4 is 45.9 Å². The van der Waals surface area contributed by atoms with E-state index in [0.717, 1.165) is 33.3 Å². The molecule has 0 saturated heterocycles. The number of nitrogens with one attached hydrogen (secondary N) is 3. The Morgan fingerprint density at radius 1 is 0.927 bits per heavy atom. The first-order chi connectivity index (χ1) is 20.0. The van der Waals surface area contributed by atoms with Crippen molar-refractivity contribution in [2.75, 3.05) is 17.2 Å². The Bertz CT molecular complexity index is 1670. The Labute approximate surface area is 241 Å². The normalized spacial score (nSPS) is 10.8. The number of carbonyl (C=O) groups excluding carboxylic acids is 2. The molecule has 0 radical (unpaired) electrons. The second-order valence-corrected chi connectivity index (χ2v) is 9.89. The van der Waals surface area contributed by atoms with Crippen LogP contribution in [0.25, 0.3) is 11.3 Å². The summed E-state index contributed by atoms with van der Waals surface area (Å²) in [5, 5.41) is 13.0. The average molecular weight is 562 g/mol. The third kappa shape index (κ3) is 7.65. The minimum Gasteiger partial charge on any atom is -0.484 e. The number of anilines is 3. The van der Waals surface area contributed by atoms with E-state index in [4.69, 9.17) is 4.74 Å². The molecule has 3 N–H and O–H groups in total. The largest absolute Gasteiger partial charge is 0.484 e. The fraction of sp³-hybridized carbons (Fsp3) is 0.0625. The molecule has 0 aliphatic heterocycles. The SMILES string of the molecule is Cc1ccccc1NC(=O)COc1cccc(/C=N/NC(=O)c2ccc(-c3csc(Nc4ccccc4)n3)cc2)c1. The molecule has 0 atom stereocenters. The lowest BCUT2D eigenvalue weighted by atomic mass is 10.1. The quantitative estimate of drug-likeness (QED) is 0.131. The number of aromatic nitrogens is 1. The zero-order valence-electron chi connectivity index (χ0n) is 22.2. The van der Waals surface area contributed by atoms with Crippen LogP contribution >= 0.6 is 11.3 Å². The van der Waals surface area contributed by atoms with Crippen molar-refractivity contribution in [3.63, 3.8) is 0 Å². The fourth-order valence-corrected chi connectivity index (χ4v) is 4.60. The van der Waals surface area contributed by atoms with Gasteiger partial charge in [-0.15, -0.1) is 11.3 Å². The van der Waals surface area contributed by atoms with Crippen molar-refractivity contribution < 1.29 is 14.3 Å². The van der Waals surface area contributed by atoms with Crippen LogP contribution in [0.3, 0.4) is 0 Å². The van der Waals surface area contributed by atoms with Gasteiger partial charge in [-0.1, -0.05) is 60.7 Å². The molecule has 0 saturated carbocycles. The molecule has 2 amide bonds. The fourth-order valence-electron chi connectivity index (χ4n) is 3.86. The van der Waals surface area contributed by atoms with Crippen LogP contribution in [-0.2, 0) is 4.79 Å². The number of nitrogens with zero attached hydrogens (tertiary/aromatic N) is 2. The summed E-state index contributed by atoms with van der Waals surface area (Å²) in [6.07, 6.45) is 1.52. The van der Waals surface area contributed by atoms with Gasteiger partial charge in [0.25, 0.3) is 11.8 Å². The molecule has 0 aliphatic carbocycles. The second-order valence-electron chi connectivity index (χ2n) is 9.03. The van der Waals surface area contributed by atoms with E-state index in [-0.39, 0.29) is 18.4 Å². The number of thiazole rings is 1. The molecule has 204 valence electrons. The maximum atomic E-state index is 12.6. The number of amides is 2. The first kappa shape index (κ1) is 27.3. The summed E-state index contributed by atoms with van der Waals surface area (Å²) in [5.41, 5.74) is 8.16. The maximum absolute atomic E-state index is 12.6. The highest BCUT2D eigenvalue weighted by Gasteiger charge is 2.09. The van der Waals surface area contributed by atoms with Crippen LogP contribution in [0.15, 0.2) is 114 Å². The zero-order chi connectivity index (χ0) is 28.4. The number of ether oxygens (including phenoxy) is 1. The van der Waals surface area contributed by atoms with E-state index in [1.54, 1.807) is 30.3 Å². The molecule has 8 nitrogen and oxygen atoms in total. The van der Waals surface area contributed by atoms with Gasteiger partial charge < -0.3 is 15.4 Å². The van der Waals surface area contributed by atoms with Gasteiger partial charge in [0.15, 0.2) is 11.7 Å². The van der Waals surface area contributed by atoms with Crippen molar-refractivity contribution in [3.05, 3.63) is 125 Å². The van der Waals surface area contributed by atoms with Crippen LogP contribution in [-0.4, -0.2) is 29.6 Å². The molecule has 5 aromatic rings. The lowest BCUT2D eigenvalue weighted by Crippen LogP contribution is -2.20. The number of aryl methyl sites for hydroxylation is 1. The van der Waals surface area contributed by atoms with Gasteiger partial charge in [-0.25, -0.2) is 10.4 Å². The summed E-state index contributed by atoms with van der Waals surface area (Å²) in [5.74, 6) is -0.0755. The van der Waals surface area contributed by atoms with Gasteiger partial charge in [-0.05, 0) is 60.5 Å². The third-order valence-electron chi connectivity index (χ3n) is 6.00. The van der Waals surface area contributed by atoms with Gasteiger partial charge in [0.1, 0.15) is 5.75 Å². The van der Waals surface area contributed by atoms with E-state index in [2.05, 4.69) is 26.1 Å². The monoisotopic (exact) mass is 561 g/mol. The van der Waals surface area contributed by atoms with E-state index in [1.165, 1.54) is 17.6 Å². The predicted octanol–water partition coefficient (Wildman–Crippen LogP) is 6.64. The number of rotatable bonds is 10. The Morgan fingerprint density at radius 3 is 2.51 bits per heavy atom. The van der Waals surface area contributed by atoms with Crippen LogP contribution < -0.4 is 20.8 Å². The van der Waals surface area contributed by atoms with Crippen LogP contribution in [0, 0.1) is 6.92 Å². The number of para-hydroxylation sites is 2. The van der Waals surface area contributed by atoms with E-state index in [1.807, 2.05) is 85.1 Å². The van der Waals surface area contributed by atoms with Crippen molar-refractivity contribution in [2.45, 2.75) is 6.92 Å². The van der Waals surface area contributed by atoms with Crippen molar-refractivity contribution in [3.8, 4) is 17.0 Å². The molecule has 0 bridgehead atoms. The minimum atomic E-state index is -0.335. The number of benzene rings is 4. The van der Waals surface area contributed by atoms with Gasteiger partial charge in [0.05, 0.1) is 11.9 Å². The van der Waals surface area contributed by atoms with Gasteiger partial charge in [0, 0.05) is 27.9 Å². The minimum absolute atomic E-state index is 0.132. The Balaban J connectivity index is 1.11. The first-order valence-corrected chi connectivity index (χ1v) is 13.7. The molecular weight excluding hydrogens is 534 g/mol. The van der Waals surface area contributed by atoms with Crippen LogP contribution in [0.2, 0.25) is 0 Å². The number of hydrogen-bond acceptors (Lipinski definition) is 7. The highest BCUT2D eigenvalue weighted by atomic mass is 32.1. The molecule has 1 aromatic heterocycles. The van der Waals surface area contributed by atoms with Crippen LogP contribution in [0.4, 0.5) is 16.5 Å². The Kier molecular flexibility index (Phi) is 8.78. The van der Waals surface area contributed by atoms with Gasteiger partial charge in [-0.2, -0.15) is 5.10 Å². The predicted molar refractivity (Wildman–Crippen MR) is 164 cm³/mol. The maximum Gasteiger partial charge on any atom is 0.271 e. The second kappa shape index (κ2) is 13.2. The standard InChI is InChI=1S/C32H27N5O3S/c1-22-8-5-6-13-28(22)35-30(38)20-40-27-12-7-9-23(18-27)19-33-37-31(39)25-16-14-24(15-17-25)29-21-41-32(36-29)34-26-10-3-2-4-11-26/h2-19,21H,20H2,1H3,(H,34,36)(H,35,38)(H,37,39)/b33-19+. The average Bonchev–Trinajstić information content (AvgIpc) is 3.46. The molecule has 4 aromatic carbocycles. The van der Waals surface area contributed by atoms with Crippen molar-refractivity contribution in [2.24, 2.45) is 5.10 Å². The number of hydrazone groups is 1. The molecule has 0 unspecified atom stereocenters. The highest BCUT2D eigenvalue weighted by molar-refractivity contribution is 7.14. The molecular formula is C32H27N5O3S. The highest BCUT2D eigenvalue weighted by Crippen LogP contribution is 2.27. The smallest absolute Gasteiger partial charge is 0.271 e. The molecule has 5 rings (SSSR count). The molecule has 0 fully saturated rings. The molecule has 1 heterocycles. The summed E-state index contributed by atoms with van der Waals surface area (Å²) < 4.78 is 5.63. The van der Waals surface area contributed by atoms with Gasteiger partial charge in [-0.3, -0.25) is 9.59 Å². The number of carbonyl (C=O) groups is 2. The molecule has 41 heavy (non-hydrogen) atoms. The van der Waals surface area contributed by atoms with Crippen molar-refractivity contribution in [1.82, 2.24) is 10.4 Å². The van der Waals surface area contributed by atoms with Gasteiger partial charge in [0.2, 0.25) is 0 Å². The van der Waals surface area contributed by atoms with E-state index in [9.17, 15) is 9.59 Å². The van der Waals surface area contributed by atoms with Crippen LogP contribution in [0.5, 0.6) is 5.75 Å². The van der Waals surface area contributed by atoms with E-state index >= 15 is 0 Å².